The van der Waals surface area contributed by atoms with Crippen LogP contribution in [0.3, 0.4) is 0 Å². The molecule has 0 fully saturated rings. The number of allylic oxidation sites excluding steroid dienone is 2. The summed E-state index contributed by atoms with van der Waals surface area (Å²) in [6.07, 6.45) is 1.38. The van der Waals surface area contributed by atoms with E-state index in [0.717, 1.165) is 34.2 Å². The van der Waals surface area contributed by atoms with Crippen molar-refractivity contribution in [3.63, 3.8) is 0 Å². The number of benzene rings is 2. The third-order valence-electron chi connectivity index (χ3n) is 6.05. The number of anilines is 1. The fourth-order valence-electron chi connectivity index (χ4n) is 4.51. The number of Topliss-reactive ketones (excluding diaryl/α,β-unsaturated/α-hetero) is 1. The molecule has 2 aromatic carbocycles. The molecular weight excluding hydrogens is 404 g/mol. The summed E-state index contributed by atoms with van der Waals surface area (Å²) in [5, 5.41) is 9.00. The lowest BCUT2D eigenvalue weighted by molar-refractivity contribution is -0.118. The van der Waals surface area contributed by atoms with E-state index < -0.39 is 0 Å². The quantitative estimate of drug-likeness (QED) is 0.551. The topological polar surface area (TPSA) is 59.8 Å². The van der Waals surface area contributed by atoms with Gasteiger partial charge in [-0.2, -0.15) is 4.98 Å². The van der Waals surface area contributed by atoms with E-state index in [0.29, 0.717) is 12.4 Å². The molecule has 0 saturated heterocycles. The molecule has 0 amide bonds. The second-order valence-corrected chi connectivity index (χ2v) is 10.1. The van der Waals surface area contributed by atoms with Crippen molar-refractivity contribution < 1.29 is 4.79 Å². The lowest BCUT2D eigenvalue weighted by Gasteiger charge is -2.38. The Hall–Kier alpha value is -2.86. The van der Waals surface area contributed by atoms with Crippen molar-refractivity contribution in [2.45, 2.75) is 50.6 Å². The molecule has 0 radical (unpaired) electrons. The van der Waals surface area contributed by atoms with Gasteiger partial charge in [0.2, 0.25) is 11.1 Å². The summed E-state index contributed by atoms with van der Waals surface area (Å²) in [4.78, 5) is 18.0. The molecule has 0 unspecified atom stereocenters. The highest BCUT2D eigenvalue weighted by Gasteiger charge is 2.41. The Bertz CT molecular complexity index is 1180. The molecule has 1 aliphatic carbocycles. The van der Waals surface area contributed by atoms with Crippen LogP contribution in [-0.4, -0.2) is 20.5 Å². The number of thioether (sulfide) groups is 1. The van der Waals surface area contributed by atoms with E-state index in [1.54, 1.807) is 11.8 Å². The average molecular weight is 431 g/mol. The number of ketones is 1. The Labute approximate surface area is 187 Å². The molecule has 6 heteroatoms. The van der Waals surface area contributed by atoms with Crippen molar-refractivity contribution in [3.8, 4) is 0 Å². The highest BCUT2D eigenvalue weighted by Crippen LogP contribution is 2.45. The zero-order valence-electron chi connectivity index (χ0n) is 18.1. The molecule has 31 heavy (non-hydrogen) atoms. The number of aromatic nitrogens is 3. The number of hydrogen-bond acceptors (Lipinski definition) is 5. The van der Waals surface area contributed by atoms with Crippen LogP contribution in [0.25, 0.3) is 0 Å². The van der Waals surface area contributed by atoms with Gasteiger partial charge < -0.3 is 5.32 Å². The predicted molar refractivity (Wildman–Crippen MR) is 124 cm³/mol. The van der Waals surface area contributed by atoms with Gasteiger partial charge in [-0.3, -0.25) is 4.79 Å². The summed E-state index contributed by atoms with van der Waals surface area (Å²) in [7, 11) is 0. The van der Waals surface area contributed by atoms with E-state index in [1.165, 1.54) is 11.1 Å². The van der Waals surface area contributed by atoms with Gasteiger partial charge in [0.25, 0.3) is 0 Å². The van der Waals surface area contributed by atoms with Crippen LogP contribution in [0.2, 0.25) is 0 Å². The summed E-state index contributed by atoms with van der Waals surface area (Å²) >= 11 is 1.63. The van der Waals surface area contributed by atoms with Gasteiger partial charge in [0.15, 0.2) is 5.78 Å². The van der Waals surface area contributed by atoms with E-state index >= 15 is 0 Å². The van der Waals surface area contributed by atoms with Crippen molar-refractivity contribution in [3.05, 3.63) is 82.6 Å². The van der Waals surface area contributed by atoms with E-state index in [2.05, 4.69) is 62.5 Å². The van der Waals surface area contributed by atoms with E-state index in [4.69, 9.17) is 10.1 Å². The molecule has 2 heterocycles. The Morgan fingerprint density at radius 3 is 2.61 bits per heavy atom. The number of nitrogens with zero attached hydrogens (tertiary/aromatic N) is 3. The number of fused-ring (bicyclic) bond motifs is 1. The Balaban J connectivity index is 1.52. The minimum atomic E-state index is -0.239. The van der Waals surface area contributed by atoms with Crippen LogP contribution in [0, 0.1) is 12.3 Å². The van der Waals surface area contributed by atoms with Gasteiger partial charge in [0.1, 0.15) is 6.04 Å². The minimum Gasteiger partial charge on any atom is -0.328 e. The molecule has 3 aromatic rings. The molecule has 0 spiro atoms. The zero-order chi connectivity index (χ0) is 21.6. The first-order valence-electron chi connectivity index (χ1n) is 10.6. The third kappa shape index (κ3) is 3.81. The zero-order valence-corrected chi connectivity index (χ0v) is 18.9. The number of aryl methyl sites for hydroxylation is 1. The minimum absolute atomic E-state index is 0.0608. The highest BCUT2D eigenvalue weighted by molar-refractivity contribution is 7.98. The van der Waals surface area contributed by atoms with Gasteiger partial charge in [-0.05, 0) is 35.4 Å². The van der Waals surface area contributed by atoms with E-state index in [-0.39, 0.29) is 17.2 Å². The summed E-state index contributed by atoms with van der Waals surface area (Å²) < 4.78 is 1.89. The largest absolute Gasteiger partial charge is 0.328 e. The van der Waals surface area contributed by atoms with Gasteiger partial charge in [0, 0.05) is 23.4 Å². The van der Waals surface area contributed by atoms with Crippen LogP contribution in [-0.2, 0) is 10.5 Å². The molecule has 1 aromatic heterocycles. The van der Waals surface area contributed by atoms with Crippen molar-refractivity contribution >= 4 is 23.5 Å². The van der Waals surface area contributed by atoms with Gasteiger partial charge >= 0.3 is 0 Å². The number of carbonyl (C=O) groups is 1. The fourth-order valence-corrected chi connectivity index (χ4v) is 5.41. The normalized spacial score (nSPS) is 19.6. The Morgan fingerprint density at radius 2 is 1.84 bits per heavy atom. The average Bonchev–Trinajstić information content (AvgIpc) is 3.14. The standard InChI is InChI=1S/C25H26N4OS/c1-16-9-7-8-12-18(16)15-31-24-27-23-26-19-13-25(2,3)14-20(30)21(19)22(29(23)28-24)17-10-5-4-6-11-17/h4-12,22H,13-15H2,1-3H3,(H,26,27,28)/t22-/m0/s1. The molecule has 5 nitrogen and oxygen atoms in total. The molecular formula is C25H26N4OS. The molecule has 0 bridgehead atoms. The number of nitrogens with one attached hydrogen (secondary N) is 1. The summed E-state index contributed by atoms with van der Waals surface area (Å²) in [6.45, 7) is 6.42. The first kappa shape index (κ1) is 20.1. The molecule has 158 valence electrons. The highest BCUT2D eigenvalue weighted by atomic mass is 32.2. The van der Waals surface area contributed by atoms with Crippen LogP contribution in [0.15, 0.2) is 71.0 Å². The van der Waals surface area contributed by atoms with Crippen molar-refractivity contribution in [1.82, 2.24) is 14.8 Å². The van der Waals surface area contributed by atoms with Gasteiger partial charge in [0.05, 0.1) is 0 Å². The lowest BCUT2D eigenvalue weighted by Crippen LogP contribution is -2.36. The second-order valence-electron chi connectivity index (χ2n) is 9.15. The number of rotatable bonds is 4. The lowest BCUT2D eigenvalue weighted by atomic mass is 9.73. The van der Waals surface area contributed by atoms with Crippen LogP contribution in [0.4, 0.5) is 5.95 Å². The van der Waals surface area contributed by atoms with Crippen molar-refractivity contribution in [2.24, 2.45) is 5.41 Å². The van der Waals surface area contributed by atoms with E-state index in [1.807, 2.05) is 22.9 Å². The smallest absolute Gasteiger partial charge is 0.227 e. The number of carbonyl (C=O) groups excluding carboxylic acids is 1. The SMILES string of the molecule is Cc1ccccc1CSc1nc2n(n1)[C@@H](c1ccccc1)C1=C(CC(C)(C)CC1=O)N2. The predicted octanol–water partition coefficient (Wildman–Crippen LogP) is 5.54. The summed E-state index contributed by atoms with van der Waals surface area (Å²) in [5.41, 5.74) is 5.37. The third-order valence-corrected chi connectivity index (χ3v) is 6.93. The van der Waals surface area contributed by atoms with Crippen molar-refractivity contribution in [2.75, 3.05) is 5.32 Å². The Morgan fingerprint density at radius 1 is 1.10 bits per heavy atom. The van der Waals surface area contributed by atoms with E-state index in [9.17, 15) is 4.79 Å². The maximum Gasteiger partial charge on any atom is 0.227 e. The molecule has 2 aliphatic rings. The molecule has 5 rings (SSSR count). The Kier molecular flexibility index (Phi) is 4.97. The molecule has 1 atom stereocenters. The molecule has 1 aliphatic heterocycles. The number of hydrogen-bond donors (Lipinski definition) is 1. The molecule has 0 saturated carbocycles. The fraction of sp³-hybridized carbons (Fsp3) is 0.320. The maximum absolute atomic E-state index is 13.2. The second kappa shape index (κ2) is 7.68. The molecule has 1 N–H and O–H groups in total. The van der Waals surface area contributed by atoms with Crippen LogP contribution >= 0.6 is 11.8 Å². The first-order chi connectivity index (χ1) is 14.9. The van der Waals surface area contributed by atoms with Crippen LogP contribution in [0.1, 0.15) is 49.4 Å². The maximum atomic E-state index is 13.2. The van der Waals surface area contributed by atoms with Gasteiger partial charge in [-0.25, -0.2) is 4.68 Å². The van der Waals surface area contributed by atoms with Gasteiger partial charge in [-0.15, -0.1) is 5.10 Å². The summed E-state index contributed by atoms with van der Waals surface area (Å²) in [5.74, 6) is 1.72. The van der Waals surface area contributed by atoms with Crippen LogP contribution < -0.4 is 5.32 Å². The summed E-state index contributed by atoms with van der Waals surface area (Å²) in [6, 6.07) is 18.3. The van der Waals surface area contributed by atoms with Gasteiger partial charge in [-0.1, -0.05) is 80.2 Å². The van der Waals surface area contributed by atoms with Crippen molar-refractivity contribution in [1.29, 1.82) is 0 Å². The first-order valence-corrected chi connectivity index (χ1v) is 11.6. The monoisotopic (exact) mass is 430 g/mol. The van der Waals surface area contributed by atoms with Crippen LogP contribution in [0.5, 0.6) is 0 Å².